The summed E-state index contributed by atoms with van der Waals surface area (Å²) < 4.78 is 1.79. The number of benzene rings is 2. The van der Waals surface area contributed by atoms with Gasteiger partial charge in [-0.25, -0.2) is 4.98 Å². The highest BCUT2D eigenvalue weighted by Crippen LogP contribution is 2.32. The molecule has 1 heterocycles. The first-order valence-corrected chi connectivity index (χ1v) is 11.4. The lowest BCUT2D eigenvalue weighted by molar-refractivity contribution is 0.0935. The molecular formula is C23H22Br2N2O. The molecule has 0 bridgehead atoms. The first-order valence-electron chi connectivity index (χ1n) is 9.78. The summed E-state index contributed by atoms with van der Waals surface area (Å²) >= 11 is 7.17. The van der Waals surface area contributed by atoms with Gasteiger partial charge < -0.3 is 5.32 Å². The largest absolute Gasteiger partial charge is 0.349 e. The zero-order valence-corrected chi connectivity index (χ0v) is 18.7. The minimum absolute atomic E-state index is 0.0125. The number of rotatable bonds is 3. The van der Waals surface area contributed by atoms with E-state index in [0.29, 0.717) is 5.56 Å². The number of aromatic nitrogens is 1. The second kappa shape index (κ2) is 8.75. The number of amides is 1. The first kappa shape index (κ1) is 19.6. The molecule has 0 unspecified atom stereocenters. The van der Waals surface area contributed by atoms with Crippen molar-refractivity contribution in [2.24, 2.45) is 0 Å². The molecule has 0 saturated heterocycles. The van der Waals surface area contributed by atoms with Gasteiger partial charge in [0.25, 0.3) is 5.91 Å². The minimum Gasteiger partial charge on any atom is -0.349 e. The third kappa shape index (κ3) is 4.31. The molecule has 0 atom stereocenters. The van der Waals surface area contributed by atoms with Crippen molar-refractivity contribution in [2.45, 2.75) is 44.6 Å². The Kier molecular flexibility index (Phi) is 6.12. The van der Waals surface area contributed by atoms with E-state index >= 15 is 0 Å². The third-order valence-corrected chi connectivity index (χ3v) is 6.40. The normalized spacial score (nSPS) is 15.4. The standard InChI is InChI=1S/C23H22Br2N2O/c24-16-12-18-19(23(28)26-17-10-6-1-2-7-11-17)14-21(15-8-4-3-5-9-15)27-22(18)20(25)13-16/h3-5,8-9,12-14,17H,1-2,6-7,10-11H2,(H,26,28). The van der Waals surface area contributed by atoms with E-state index in [9.17, 15) is 4.79 Å². The van der Waals surface area contributed by atoms with Crippen molar-refractivity contribution in [1.82, 2.24) is 10.3 Å². The second-order valence-corrected chi connectivity index (χ2v) is 9.14. The van der Waals surface area contributed by atoms with Crippen LogP contribution in [0.1, 0.15) is 48.9 Å². The number of fused-ring (bicyclic) bond motifs is 1. The van der Waals surface area contributed by atoms with Gasteiger partial charge in [-0.2, -0.15) is 0 Å². The van der Waals surface area contributed by atoms with E-state index in [0.717, 1.165) is 43.9 Å². The Morgan fingerprint density at radius 2 is 1.68 bits per heavy atom. The van der Waals surface area contributed by atoms with Crippen LogP contribution < -0.4 is 5.32 Å². The summed E-state index contributed by atoms with van der Waals surface area (Å²) in [4.78, 5) is 18.1. The van der Waals surface area contributed by atoms with Gasteiger partial charge in [0.15, 0.2) is 0 Å². The third-order valence-electron chi connectivity index (χ3n) is 5.34. The molecule has 2 aromatic carbocycles. The molecule has 3 aromatic rings. The second-order valence-electron chi connectivity index (χ2n) is 7.37. The Hall–Kier alpha value is -1.72. The molecule has 4 rings (SSSR count). The Bertz CT molecular complexity index is 996. The molecule has 0 aliphatic heterocycles. The molecular weight excluding hydrogens is 480 g/mol. The SMILES string of the molecule is O=C(NC1CCCCCC1)c1cc(-c2ccccc2)nc2c(Br)cc(Br)cc12. The van der Waals surface area contributed by atoms with Gasteiger partial charge in [-0.05, 0) is 47.0 Å². The minimum atomic E-state index is -0.0125. The van der Waals surface area contributed by atoms with E-state index in [1.54, 1.807) is 0 Å². The van der Waals surface area contributed by atoms with Crippen molar-refractivity contribution in [3.8, 4) is 11.3 Å². The van der Waals surface area contributed by atoms with Gasteiger partial charge in [-0.3, -0.25) is 4.79 Å². The van der Waals surface area contributed by atoms with E-state index in [2.05, 4.69) is 37.2 Å². The number of hydrogen-bond acceptors (Lipinski definition) is 2. The van der Waals surface area contributed by atoms with Crippen LogP contribution in [0.3, 0.4) is 0 Å². The molecule has 1 N–H and O–H groups in total. The molecule has 1 amide bonds. The van der Waals surface area contributed by atoms with Gasteiger partial charge in [0.05, 0.1) is 16.8 Å². The van der Waals surface area contributed by atoms with Crippen LogP contribution in [0.25, 0.3) is 22.2 Å². The van der Waals surface area contributed by atoms with Gasteiger partial charge in [-0.1, -0.05) is 71.9 Å². The smallest absolute Gasteiger partial charge is 0.252 e. The molecule has 0 spiro atoms. The highest BCUT2D eigenvalue weighted by atomic mass is 79.9. The fourth-order valence-electron chi connectivity index (χ4n) is 3.88. The molecule has 1 saturated carbocycles. The number of carbonyl (C=O) groups excluding carboxylic acids is 1. The lowest BCUT2D eigenvalue weighted by Crippen LogP contribution is -2.34. The summed E-state index contributed by atoms with van der Waals surface area (Å²) in [6, 6.07) is 16.1. The number of hydrogen-bond donors (Lipinski definition) is 1. The highest BCUT2D eigenvalue weighted by Gasteiger charge is 2.20. The van der Waals surface area contributed by atoms with Crippen molar-refractivity contribution in [3.63, 3.8) is 0 Å². The van der Waals surface area contributed by atoms with E-state index in [-0.39, 0.29) is 11.9 Å². The van der Waals surface area contributed by atoms with Crippen molar-refractivity contribution >= 4 is 48.7 Å². The Labute approximate surface area is 182 Å². The number of nitrogens with one attached hydrogen (secondary N) is 1. The number of carbonyl (C=O) groups is 1. The van der Waals surface area contributed by atoms with Crippen LogP contribution in [0.15, 0.2) is 57.5 Å². The average Bonchev–Trinajstić information content (AvgIpc) is 2.96. The molecule has 3 nitrogen and oxygen atoms in total. The Morgan fingerprint density at radius 1 is 0.964 bits per heavy atom. The molecule has 144 valence electrons. The topological polar surface area (TPSA) is 42.0 Å². The molecule has 1 aliphatic carbocycles. The fraction of sp³-hybridized carbons (Fsp3) is 0.304. The van der Waals surface area contributed by atoms with Crippen molar-refractivity contribution in [1.29, 1.82) is 0 Å². The summed E-state index contributed by atoms with van der Waals surface area (Å²) in [6.45, 7) is 0. The van der Waals surface area contributed by atoms with Crippen LogP contribution in [0.2, 0.25) is 0 Å². The summed E-state index contributed by atoms with van der Waals surface area (Å²) in [6.07, 6.45) is 7.04. The monoisotopic (exact) mass is 500 g/mol. The van der Waals surface area contributed by atoms with Crippen LogP contribution in [0.5, 0.6) is 0 Å². The van der Waals surface area contributed by atoms with Gasteiger partial charge >= 0.3 is 0 Å². The van der Waals surface area contributed by atoms with Crippen molar-refractivity contribution < 1.29 is 4.79 Å². The van der Waals surface area contributed by atoms with Gasteiger partial charge in [0.1, 0.15) is 0 Å². The zero-order chi connectivity index (χ0) is 19.5. The molecule has 1 aliphatic rings. The molecule has 0 radical (unpaired) electrons. The van der Waals surface area contributed by atoms with Crippen LogP contribution in [0.4, 0.5) is 0 Å². The van der Waals surface area contributed by atoms with Crippen LogP contribution >= 0.6 is 31.9 Å². The summed E-state index contributed by atoms with van der Waals surface area (Å²) in [5.41, 5.74) is 3.29. The quantitative estimate of drug-likeness (QED) is 0.397. The zero-order valence-electron chi connectivity index (χ0n) is 15.6. The van der Waals surface area contributed by atoms with Crippen LogP contribution in [-0.4, -0.2) is 16.9 Å². The maximum Gasteiger partial charge on any atom is 0.252 e. The lowest BCUT2D eigenvalue weighted by atomic mass is 10.0. The van der Waals surface area contributed by atoms with Crippen molar-refractivity contribution in [3.05, 3.63) is 63.0 Å². The Balaban J connectivity index is 1.79. The van der Waals surface area contributed by atoms with Crippen molar-refractivity contribution in [2.75, 3.05) is 0 Å². The summed E-state index contributed by atoms with van der Waals surface area (Å²) in [5, 5.41) is 4.14. The number of nitrogens with zero attached hydrogens (tertiary/aromatic N) is 1. The van der Waals surface area contributed by atoms with Crippen LogP contribution in [0, 0.1) is 0 Å². The number of halogens is 2. The molecule has 1 aromatic heterocycles. The van der Waals surface area contributed by atoms with Gasteiger partial charge in [-0.15, -0.1) is 0 Å². The highest BCUT2D eigenvalue weighted by molar-refractivity contribution is 9.11. The summed E-state index contributed by atoms with van der Waals surface area (Å²) in [7, 11) is 0. The van der Waals surface area contributed by atoms with Gasteiger partial charge in [0.2, 0.25) is 0 Å². The van der Waals surface area contributed by atoms with Gasteiger partial charge in [0, 0.05) is 25.9 Å². The van der Waals surface area contributed by atoms with E-state index in [1.807, 2.05) is 48.5 Å². The summed E-state index contributed by atoms with van der Waals surface area (Å²) in [5.74, 6) is -0.0125. The van der Waals surface area contributed by atoms with E-state index < -0.39 is 0 Å². The maximum atomic E-state index is 13.3. The average molecular weight is 502 g/mol. The van der Waals surface area contributed by atoms with E-state index in [1.165, 1.54) is 25.7 Å². The fourth-order valence-corrected chi connectivity index (χ4v) is 5.20. The van der Waals surface area contributed by atoms with E-state index in [4.69, 9.17) is 4.98 Å². The first-order chi connectivity index (χ1) is 13.6. The molecule has 1 fully saturated rings. The van der Waals surface area contributed by atoms with Crippen LogP contribution in [-0.2, 0) is 0 Å². The maximum absolute atomic E-state index is 13.3. The predicted octanol–water partition coefficient (Wildman–Crippen LogP) is 6.88. The lowest BCUT2D eigenvalue weighted by Gasteiger charge is -2.18. The molecule has 28 heavy (non-hydrogen) atoms. The Morgan fingerprint density at radius 3 is 2.39 bits per heavy atom. The number of pyridine rings is 1. The predicted molar refractivity (Wildman–Crippen MR) is 122 cm³/mol. The molecule has 5 heteroatoms.